The van der Waals surface area contributed by atoms with E-state index in [-0.39, 0.29) is 18.0 Å². The minimum atomic E-state index is 0.0986. The van der Waals surface area contributed by atoms with Crippen LogP contribution in [0.15, 0.2) is 24.3 Å². The number of carbonyl (C=O) groups excluding carboxylic acids is 3. The van der Waals surface area contributed by atoms with Gasteiger partial charge in [-0.05, 0) is 24.8 Å². The molecule has 1 heterocycles. The third-order valence-corrected chi connectivity index (χ3v) is 3.28. The van der Waals surface area contributed by atoms with Crippen LogP contribution >= 0.6 is 0 Å². The van der Waals surface area contributed by atoms with Crippen LogP contribution in [0.4, 0.5) is 0 Å². The summed E-state index contributed by atoms with van der Waals surface area (Å²) in [7, 11) is 0. The van der Waals surface area contributed by atoms with Crippen molar-refractivity contribution in [3.63, 3.8) is 0 Å². The van der Waals surface area contributed by atoms with Crippen molar-refractivity contribution < 1.29 is 14.4 Å². The van der Waals surface area contributed by atoms with E-state index in [4.69, 9.17) is 9.59 Å². The first-order valence-corrected chi connectivity index (χ1v) is 5.93. The molecule has 1 N–H and O–H groups in total. The summed E-state index contributed by atoms with van der Waals surface area (Å²) in [5.74, 6) is 0.674. The van der Waals surface area contributed by atoms with Gasteiger partial charge in [0.15, 0.2) is 0 Å². The monoisotopic (exact) mass is 247 g/mol. The molecule has 2 atom stereocenters. The maximum atomic E-state index is 11.5. The smallest absolute Gasteiger partial charge is 0.356 e. The Balaban J connectivity index is 0.000000492. The van der Waals surface area contributed by atoms with Gasteiger partial charge in [-0.3, -0.25) is 4.79 Å². The number of hydrogen-bond acceptors (Lipinski definition) is 3. The van der Waals surface area contributed by atoms with Gasteiger partial charge < -0.3 is 5.32 Å². The van der Waals surface area contributed by atoms with Crippen molar-refractivity contribution in [3.8, 4) is 0 Å². The normalized spacial score (nSPS) is 22.2. The number of aryl methyl sites for hydroxylation is 1. The van der Waals surface area contributed by atoms with Gasteiger partial charge in [-0.25, -0.2) is 0 Å². The van der Waals surface area contributed by atoms with Crippen LogP contribution < -0.4 is 5.32 Å². The van der Waals surface area contributed by atoms with Crippen LogP contribution in [-0.2, 0) is 14.4 Å². The van der Waals surface area contributed by atoms with Crippen molar-refractivity contribution in [2.24, 2.45) is 5.92 Å². The molecular formula is C14H17NO3. The van der Waals surface area contributed by atoms with Gasteiger partial charge in [0, 0.05) is 12.5 Å². The third kappa shape index (κ3) is 3.54. The molecule has 1 aromatic rings. The third-order valence-electron chi connectivity index (χ3n) is 3.28. The second-order valence-electron chi connectivity index (χ2n) is 4.47. The van der Waals surface area contributed by atoms with Gasteiger partial charge in [-0.2, -0.15) is 9.59 Å². The Hall–Kier alpha value is -1.93. The molecule has 4 heteroatoms. The molecule has 0 unspecified atom stereocenters. The predicted molar refractivity (Wildman–Crippen MR) is 65.7 cm³/mol. The highest BCUT2D eigenvalue weighted by atomic mass is 16.2. The molecule has 0 spiro atoms. The summed E-state index contributed by atoms with van der Waals surface area (Å²) in [6, 6.07) is 8.54. The van der Waals surface area contributed by atoms with E-state index >= 15 is 0 Å². The summed E-state index contributed by atoms with van der Waals surface area (Å²) in [6.07, 6.45) is 1.30. The van der Waals surface area contributed by atoms with E-state index in [1.165, 1.54) is 11.1 Å². The fourth-order valence-corrected chi connectivity index (χ4v) is 2.21. The van der Waals surface area contributed by atoms with E-state index in [9.17, 15) is 4.79 Å². The SMILES string of the molecule is Cc1ccc([C@H]2CCNC(=O)[C@@H]2C)cc1.O=C=O. The van der Waals surface area contributed by atoms with Crippen molar-refractivity contribution in [2.75, 3.05) is 6.54 Å². The van der Waals surface area contributed by atoms with Crippen LogP contribution in [0.5, 0.6) is 0 Å². The van der Waals surface area contributed by atoms with Gasteiger partial charge in [0.05, 0.1) is 0 Å². The van der Waals surface area contributed by atoms with E-state index in [1.54, 1.807) is 0 Å². The lowest BCUT2D eigenvalue weighted by molar-refractivity contribution is -0.191. The molecule has 0 bridgehead atoms. The quantitative estimate of drug-likeness (QED) is 0.820. The first kappa shape index (κ1) is 14.1. The number of amides is 1. The van der Waals surface area contributed by atoms with Crippen molar-refractivity contribution in [3.05, 3.63) is 35.4 Å². The molecule has 1 saturated heterocycles. The van der Waals surface area contributed by atoms with E-state index in [0.717, 1.165) is 13.0 Å². The molecule has 1 aromatic carbocycles. The van der Waals surface area contributed by atoms with E-state index < -0.39 is 0 Å². The zero-order chi connectivity index (χ0) is 13.5. The lowest BCUT2D eigenvalue weighted by Gasteiger charge is -2.28. The number of carbonyl (C=O) groups is 1. The maximum absolute atomic E-state index is 11.5. The summed E-state index contributed by atoms with van der Waals surface area (Å²) in [5, 5.41) is 2.90. The van der Waals surface area contributed by atoms with Crippen LogP contribution in [0.3, 0.4) is 0 Å². The summed E-state index contributed by atoms with van der Waals surface area (Å²) in [6.45, 7) is 4.90. The van der Waals surface area contributed by atoms with Gasteiger partial charge in [0.25, 0.3) is 0 Å². The summed E-state index contributed by atoms with van der Waals surface area (Å²) in [4.78, 5) is 27.8. The minimum Gasteiger partial charge on any atom is -0.356 e. The molecule has 96 valence electrons. The molecule has 0 saturated carbocycles. The molecule has 0 aromatic heterocycles. The summed E-state index contributed by atoms with van der Waals surface area (Å²) in [5.41, 5.74) is 2.56. The molecule has 1 aliphatic rings. The highest BCUT2D eigenvalue weighted by Crippen LogP contribution is 2.30. The zero-order valence-electron chi connectivity index (χ0n) is 10.6. The Labute approximate surface area is 106 Å². The van der Waals surface area contributed by atoms with Gasteiger partial charge >= 0.3 is 6.15 Å². The van der Waals surface area contributed by atoms with Gasteiger partial charge in [0.1, 0.15) is 0 Å². The molecular weight excluding hydrogens is 230 g/mol. The summed E-state index contributed by atoms with van der Waals surface area (Å²) < 4.78 is 0. The Morgan fingerprint density at radius 3 is 2.33 bits per heavy atom. The highest BCUT2D eigenvalue weighted by molar-refractivity contribution is 5.80. The average molecular weight is 247 g/mol. The molecule has 1 fully saturated rings. The topological polar surface area (TPSA) is 63.2 Å². The Morgan fingerprint density at radius 2 is 1.78 bits per heavy atom. The van der Waals surface area contributed by atoms with Crippen molar-refractivity contribution in [2.45, 2.75) is 26.2 Å². The van der Waals surface area contributed by atoms with Gasteiger partial charge in [-0.15, -0.1) is 0 Å². The van der Waals surface area contributed by atoms with E-state index in [0.29, 0.717) is 5.92 Å². The molecule has 0 aliphatic carbocycles. The number of rotatable bonds is 1. The molecule has 2 rings (SSSR count). The average Bonchev–Trinajstić information content (AvgIpc) is 2.35. The van der Waals surface area contributed by atoms with Gasteiger partial charge in [0.2, 0.25) is 5.91 Å². The van der Waals surface area contributed by atoms with E-state index in [1.807, 2.05) is 6.92 Å². The minimum absolute atomic E-state index is 0.0986. The largest absolute Gasteiger partial charge is 0.373 e. The second-order valence-corrected chi connectivity index (χ2v) is 4.47. The molecule has 18 heavy (non-hydrogen) atoms. The number of piperidine rings is 1. The van der Waals surface area contributed by atoms with Crippen LogP contribution in [0.1, 0.15) is 30.4 Å². The predicted octanol–water partition coefficient (Wildman–Crippen LogP) is 1.65. The lowest BCUT2D eigenvalue weighted by atomic mass is 9.82. The second kappa shape index (κ2) is 6.72. The first-order valence-electron chi connectivity index (χ1n) is 5.93. The number of hydrogen-bond donors (Lipinski definition) is 1. The Kier molecular flexibility index (Phi) is 5.28. The number of nitrogens with one attached hydrogen (secondary N) is 1. The standard InChI is InChI=1S/C13H17NO.CO2/c1-9-3-5-11(6-4-9)12-7-8-14-13(15)10(12)2;2-1-3/h3-6,10,12H,7-8H2,1-2H3,(H,14,15);/t10-,12+;/m1./s1. The highest BCUT2D eigenvalue weighted by Gasteiger charge is 2.28. The van der Waals surface area contributed by atoms with Crippen LogP contribution in [-0.4, -0.2) is 18.6 Å². The first-order chi connectivity index (χ1) is 8.60. The zero-order valence-corrected chi connectivity index (χ0v) is 10.6. The Morgan fingerprint density at radius 1 is 1.22 bits per heavy atom. The van der Waals surface area contributed by atoms with Crippen molar-refractivity contribution in [1.29, 1.82) is 0 Å². The van der Waals surface area contributed by atoms with Crippen LogP contribution in [0, 0.1) is 12.8 Å². The molecule has 4 nitrogen and oxygen atoms in total. The molecule has 0 radical (unpaired) electrons. The fourth-order valence-electron chi connectivity index (χ4n) is 2.21. The van der Waals surface area contributed by atoms with Crippen LogP contribution in [0.25, 0.3) is 0 Å². The van der Waals surface area contributed by atoms with E-state index in [2.05, 4.69) is 36.5 Å². The fraction of sp³-hybridized carbons (Fsp3) is 0.429. The summed E-state index contributed by atoms with van der Waals surface area (Å²) >= 11 is 0. The molecule has 1 amide bonds. The Bertz CT molecular complexity index is 433. The number of benzene rings is 1. The van der Waals surface area contributed by atoms with Crippen molar-refractivity contribution in [1.82, 2.24) is 5.32 Å². The van der Waals surface area contributed by atoms with Crippen molar-refractivity contribution >= 4 is 12.1 Å². The van der Waals surface area contributed by atoms with Gasteiger partial charge in [-0.1, -0.05) is 36.8 Å². The van der Waals surface area contributed by atoms with Crippen LogP contribution in [0.2, 0.25) is 0 Å². The lowest BCUT2D eigenvalue weighted by Crippen LogP contribution is -2.39. The molecule has 1 aliphatic heterocycles. The maximum Gasteiger partial charge on any atom is 0.373 e.